The van der Waals surface area contributed by atoms with E-state index in [0.717, 1.165) is 9.79 Å². The second-order valence-corrected chi connectivity index (χ2v) is 5.58. The lowest BCUT2D eigenvalue weighted by Crippen LogP contribution is -2.11. The molecule has 0 radical (unpaired) electrons. The van der Waals surface area contributed by atoms with Crippen molar-refractivity contribution in [1.82, 2.24) is 0 Å². The molecule has 19 heavy (non-hydrogen) atoms. The first-order valence-corrected chi connectivity index (χ1v) is 6.73. The fourth-order valence-electron chi connectivity index (χ4n) is 1.68. The third kappa shape index (κ3) is 3.09. The van der Waals surface area contributed by atoms with Gasteiger partial charge in [0.05, 0.1) is 0 Å². The predicted molar refractivity (Wildman–Crippen MR) is 79.4 cm³/mol. The van der Waals surface area contributed by atoms with Crippen molar-refractivity contribution in [3.05, 3.63) is 53.1 Å². The normalized spacial score (nSPS) is 10.4. The van der Waals surface area contributed by atoms with Crippen molar-refractivity contribution in [3.8, 4) is 0 Å². The molecular weight excluding hydrogens is 256 g/mol. The maximum atomic E-state index is 11.2. The molecule has 0 aliphatic heterocycles. The summed E-state index contributed by atoms with van der Waals surface area (Å²) in [5.74, 6) is -0.443. The van der Waals surface area contributed by atoms with Crippen LogP contribution in [-0.2, 0) is 0 Å². The number of aryl methyl sites for hydroxylation is 2. The first-order chi connectivity index (χ1) is 8.97. The topological polar surface area (TPSA) is 69.1 Å². The number of rotatable bonds is 3. The molecule has 0 saturated carbocycles. The average Bonchev–Trinajstić information content (AvgIpc) is 2.36. The summed E-state index contributed by atoms with van der Waals surface area (Å²) in [6.07, 6.45) is 0. The highest BCUT2D eigenvalue weighted by molar-refractivity contribution is 7.99. The molecule has 0 aliphatic carbocycles. The molecule has 4 N–H and O–H groups in total. The second-order valence-electron chi connectivity index (χ2n) is 4.46. The Morgan fingerprint density at radius 3 is 2.42 bits per heavy atom. The SMILES string of the molecule is Cc1ccc(Sc2cc(C(N)=O)ccc2N)cc1C. The van der Waals surface area contributed by atoms with Gasteiger partial charge in [-0.2, -0.15) is 0 Å². The van der Waals surface area contributed by atoms with E-state index < -0.39 is 5.91 Å². The van der Waals surface area contributed by atoms with Gasteiger partial charge in [-0.1, -0.05) is 17.8 Å². The molecule has 0 bridgehead atoms. The van der Waals surface area contributed by atoms with E-state index in [4.69, 9.17) is 11.5 Å². The van der Waals surface area contributed by atoms with Crippen molar-refractivity contribution in [2.45, 2.75) is 23.6 Å². The molecule has 2 aromatic rings. The van der Waals surface area contributed by atoms with Crippen LogP contribution in [0.1, 0.15) is 21.5 Å². The third-order valence-corrected chi connectivity index (χ3v) is 4.07. The lowest BCUT2D eigenvalue weighted by atomic mass is 10.1. The van der Waals surface area contributed by atoms with E-state index in [-0.39, 0.29) is 0 Å². The van der Waals surface area contributed by atoms with Gasteiger partial charge in [0, 0.05) is 21.0 Å². The Hall–Kier alpha value is -1.94. The van der Waals surface area contributed by atoms with E-state index in [0.29, 0.717) is 11.3 Å². The van der Waals surface area contributed by atoms with Crippen LogP contribution in [0, 0.1) is 13.8 Å². The molecule has 0 unspecified atom stereocenters. The summed E-state index contributed by atoms with van der Waals surface area (Å²) in [5, 5.41) is 0. The minimum atomic E-state index is -0.443. The molecule has 3 nitrogen and oxygen atoms in total. The van der Waals surface area contributed by atoms with Gasteiger partial charge in [-0.3, -0.25) is 4.79 Å². The van der Waals surface area contributed by atoms with Gasteiger partial charge in [0.25, 0.3) is 0 Å². The molecule has 0 aliphatic rings. The van der Waals surface area contributed by atoms with Crippen LogP contribution in [0.3, 0.4) is 0 Å². The Bertz CT molecular complexity index is 638. The zero-order valence-electron chi connectivity index (χ0n) is 10.9. The number of nitrogens with two attached hydrogens (primary N) is 2. The Morgan fingerprint density at radius 1 is 1.05 bits per heavy atom. The van der Waals surface area contributed by atoms with Gasteiger partial charge in [0.1, 0.15) is 0 Å². The van der Waals surface area contributed by atoms with Crippen molar-refractivity contribution in [1.29, 1.82) is 0 Å². The lowest BCUT2D eigenvalue weighted by Gasteiger charge is -2.08. The zero-order chi connectivity index (χ0) is 14.0. The second kappa shape index (κ2) is 5.36. The lowest BCUT2D eigenvalue weighted by molar-refractivity contribution is 0.1000. The van der Waals surface area contributed by atoms with Crippen LogP contribution in [0.25, 0.3) is 0 Å². The number of amides is 1. The van der Waals surface area contributed by atoms with Crippen LogP contribution in [0.4, 0.5) is 5.69 Å². The van der Waals surface area contributed by atoms with Crippen molar-refractivity contribution in [3.63, 3.8) is 0 Å². The van der Waals surface area contributed by atoms with E-state index in [9.17, 15) is 4.79 Å². The van der Waals surface area contributed by atoms with Crippen molar-refractivity contribution in [2.24, 2.45) is 5.73 Å². The molecule has 0 saturated heterocycles. The standard InChI is InChI=1S/C15H16N2OS/c1-9-3-5-12(7-10(9)2)19-14-8-11(15(17)18)4-6-13(14)16/h3-8H,16H2,1-2H3,(H2,17,18). The summed E-state index contributed by atoms with van der Waals surface area (Å²) >= 11 is 1.54. The van der Waals surface area contributed by atoms with Gasteiger partial charge in [-0.15, -0.1) is 0 Å². The number of hydrogen-bond acceptors (Lipinski definition) is 3. The Kier molecular flexibility index (Phi) is 3.81. The summed E-state index contributed by atoms with van der Waals surface area (Å²) in [6.45, 7) is 4.15. The molecule has 2 rings (SSSR count). The van der Waals surface area contributed by atoms with Crippen LogP contribution >= 0.6 is 11.8 Å². The van der Waals surface area contributed by atoms with Crippen LogP contribution < -0.4 is 11.5 Å². The Morgan fingerprint density at radius 2 is 1.79 bits per heavy atom. The van der Waals surface area contributed by atoms with Crippen LogP contribution in [0.5, 0.6) is 0 Å². The van der Waals surface area contributed by atoms with Crippen LogP contribution in [0.2, 0.25) is 0 Å². The highest BCUT2D eigenvalue weighted by Gasteiger charge is 2.07. The minimum absolute atomic E-state index is 0.443. The quantitative estimate of drug-likeness (QED) is 0.843. The molecule has 98 valence electrons. The zero-order valence-corrected chi connectivity index (χ0v) is 11.8. The molecular formula is C15H16N2OS. The maximum Gasteiger partial charge on any atom is 0.248 e. The fourth-order valence-corrected chi connectivity index (χ4v) is 2.68. The van der Waals surface area contributed by atoms with Crippen molar-refractivity contribution in [2.75, 3.05) is 5.73 Å². The number of carbonyl (C=O) groups excluding carboxylic acids is 1. The molecule has 0 atom stereocenters. The van der Waals surface area contributed by atoms with Gasteiger partial charge in [-0.25, -0.2) is 0 Å². The summed E-state index contributed by atoms with van der Waals surface area (Å²) in [4.78, 5) is 13.1. The highest BCUT2D eigenvalue weighted by Crippen LogP contribution is 2.33. The number of anilines is 1. The van der Waals surface area contributed by atoms with Gasteiger partial charge < -0.3 is 11.5 Å². The van der Waals surface area contributed by atoms with E-state index in [1.54, 1.807) is 18.2 Å². The first-order valence-electron chi connectivity index (χ1n) is 5.92. The van der Waals surface area contributed by atoms with Crippen LogP contribution in [0.15, 0.2) is 46.2 Å². The summed E-state index contributed by atoms with van der Waals surface area (Å²) in [7, 11) is 0. The monoisotopic (exact) mass is 272 g/mol. The third-order valence-electron chi connectivity index (χ3n) is 3.00. The van der Waals surface area contributed by atoms with E-state index in [1.807, 2.05) is 6.07 Å². The maximum absolute atomic E-state index is 11.2. The first kappa shape index (κ1) is 13.5. The van der Waals surface area contributed by atoms with E-state index >= 15 is 0 Å². The van der Waals surface area contributed by atoms with Gasteiger partial charge in [0.15, 0.2) is 0 Å². The molecule has 0 aromatic heterocycles. The Labute approximate surface area is 117 Å². The van der Waals surface area contributed by atoms with Crippen molar-refractivity contribution < 1.29 is 4.79 Å². The van der Waals surface area contributed by atoms with Crippen LogP contribution in [-0.4, -0.2) is 5.91 Å². The number of carbonyl (C=O) groups is 1. The minimum Gasteiger partial charge on any atom is -0.398 e. The molecule has 0 heterocycles. The number of hydrogen-bond donors (Lipinski definition) is 2. The average molecular weight is 272 g/mol. The smallest absolute Gasteiger partial charge is 0.248 e. The fraction of sp³-hybridized carbons (Fsp3) is 0.133. The van der Waals surface area contributed by atoms with Gasteiger partial charge in [-0.05, 0) is 55.3 Å². The van der Waals surface area contributed by atoms with E-state index in [2.05, 4.69) is 26.0 Å². The molecule has 0 fully saturated rings. The molecule has 0 spiro atoms. The van der Waals surface area contributed by atoms with Gasteiger partial charge >= 0.3 is 0 Å². The largest absolute Gasteiger partial charge is 0.398 e. The highest BCUT2D eigenvalue weighted by atomic mass is 32.2. The van der Waals surface area contributed by atoms with E-state index in [1.165, 1.54) is 22.9 Å². The van der Waals surface area contributed by atoms with Crippen molar-refractivity contribution >= 4 is 23.4 Å². The summed E-state index contributed by atoms with van der Waals surface area (Å²) in [5.41, 5.74) is 14.8. The number of nitrogen functional groups attached to an aromatic ring is 1. The van der Waals surface area contributed by atoms with Gasteiger partial charge in [0.2, 0.25) is 5.91 Å². The molecule has 4 heteroatoms. The molecule has 1 amide bonds. The predicted octanol–water partition coefficient (Wildman–Crippen LogP) is 3.14. The number of benzene rings is 2. The summed E-state index contributed by atoms with van der Waals surface area (Å²) in [6, 6.07) is 11.3. The Balaban J connectivity index is 2.34. The summed E-state index contributed by atoms with van der Waals surface area (Å²) < 4.78 is 0. The molecule has 2 aromatic carbocycles. The number of primary amides is 1.